The van der Waals surface area contributed by atoms with Gasteiger partial charge in [0.15, 0.2) is 0 Å². The molecule has 3 N–H and O–H groups in total. The van der Waals surface area contributed by atoms with Crippen LogP contribution in [0.25, 0.3) is 0 Å². The van der Waals surface area contributed by atoms with Gasteiger partial charge in [-0.3, -0.25) is 9.59 Å². The van der Waals surface area contributed by atoms with Crippen molar-refractivity contribution in [1.29, 1.82) is 0 Å². The second-order valence-electron chi connectivity index (χ2n) is 5.45. The summed E-state index contributed by atoms with van der Waals surface area (Å²) in [5.74, 6) is -1.57. The van der Waals surface area contributed by atoms with Gasteiger partial charge < -0.3 is 15.7 Å². The predicted octanol–water partition coefficient (Wildman–Crippen LogP) is 2.17. The van der Waals surface area contributed by atoms with Crippen LogP contribution in [0.1, 0.15) is 24.8 Å². The second-order valence-corrected chi connectivity index (χ2v) is 5.85. The number of rotatable bonds is 3. The van der Waals surface area contributed by atoms with E-state index in [2.05, 4.69) is 10.6 Å². The molecule has 0 fully saturated rings. The zero-order valence-electron chi connectivity index (χ0n) is 12.4. The van der Waals surface area contributed by atoms with Crippen LogP contribution in [0, 0.1) is 6.92 Å². The Labute approximate surface area is 134 Å². The van der Waals surface area contributed by atoms with Crippen molar-refractivity contribution >= 4 is 29.1 Å². The SMILES string of the molecule is Cc1c(Cl)cccc1NC(=O)C(=O)NCC1(O)C=CCCC1. The molecule has 0 saturated heterocycles. The fourth-order valence-corrected chi connectivity index (χ4v) is 2.47. The number of aliphatic hydroxyl groups is 1. The van der Waals surface area contributed by atoms with Crippen molar-refractivity contribution in [3.63, 3.8) is 0 Å². The van der Waals surface area contributed by atoms with Crippen LogP contribution in [0.4, 0.5) is 5.69 Å². The fraction of sp³-hybridized carbons (Fsp3) is 0.375. The van der Waals surface area contributed by atoms with E-state index in [1.807, 2.05) is 6.08 Å². The molecule has 0 radical (unpaired) electrons. The standard InChI is InChI=1S/C16H19ClN2O3/c1-11-12(17)6-5-7-13(11)19-15(21)14(20)18-10-16(22)8-3-2-4-9-16/h3,5-8,22H,2,4,9-10H2,1H3,(H,18,20)(H,19,21). The minimum Gasteiger partial charge on any atom is -0.384 e. The minimum atomic E-state index is -1.07. The van der Waals surface area contributed by atoms with Gasteiger partial charge in [0, 0.05) is 10.7 Å². The summed E-state index contributed by atoms with van der Waals surface area (Å²) in [6.07, 6.45) is 5.90. The highest BCUT2D eigenvalue weighted by atomic mass is 35.5. The highest BCUT2D eigenvalue weighted by Gasteiger charge is 2.27. The molecule has 1 unspecified atom stereocenters. The molecule has 1 aromatic carbocycles. The summed E-state index contributed by atoms with van der Waals surface area (Å²) in [5.41, 5.74) is 0.114. The number of carbonyl (C=O) groups is 2. The molecule has 1 aromatic rings. The van der Waals surface area contributed by atoms with Gasteiger partial charge in [-0.15, -0.1) is 0 Å². The van der Waals surface area contributed by atoms with Crippen LogP contribution in [0.3, 0.4) is 0 Å². The van der Waals surface area contributed by atoms with Gasteiger partial charge in [-0.25, -0.2) is 0 Å². The number of nitrogens with one attached hydrogen (secondary N) is 2. The van der Waals surface area contributed by atoms with Crippen molar-refractivity contribution in [2.75, 3.05) is 11.9 Å². The summed E-state index contributed by atoms with van der Waals surface area (Å²) in [5, 5.41) is 15.7. The Morgan fingerprint density at radius 2 is 2.14 bits per heavy atom. The number of anilines is 1. The van der Waals surface area contributed by atoms with Crippen molar-refractivity contribution in [2.45, 2.75) is 31.8 Å². The lowest BCUT2D eigenvalue weighted by molar-refractivity contribution is -0.136. The third-order valence-corrected chi connectivity index (χ3v) is 4.10. The van der Waals surface area contributed by atoms with E-state index in [0.29, 0.717) is 22.7 Å². The number of hydrogen-bond acceptors (Lipinski definition) is 3. The van der Waals surface area contributed by atoms with Gasteiger partial charge in [-0.1, -0.05) is 29.8 Å². The summed E-state index contributed by atoms with van der Waals surface area (Å²) in [7, 11) is 0. The lowest BCUT2D eigenvalue weighted by Crippen LogP contribution is -2.45. The largest absolute Gasteiger partial charge is 0.384 e. The van der Waals surface area contributed by atoms with Gasteiger partial charge in [0.05, 0.1) is 6.54 Å². The van der Waals surface area contributed by atoms with Gasteiger partial charge in [0.2, 0.25) is 0 Å². The average molecular weight is 323 g/mol. The third-order valence-electron chi connectivity index (χ3n) is 3.69. The van der Waals surface area contributed by atoms with E-state index in [9.17, 15) is 14.7 Å². The van der Waals surface area contributed by atoms with Crippen molar-refractivity contribution in [2.24, 2.45) is 0 Å². The van der Waals surface area contributed by atoms with E-state index in [1.54, 1.807) is 31.2 Å². The van der Waals surface area contributed by atoms with Crippen molar-refractivity contribution < 1.29 is 14.7 Å². The van der Waals surface area contributed by atoms with Crippen LogP contribution in [-0.4, -0.2) is 29.1 Å². The summed E-state index contributed by atoms with van der Waals surface area (Å²) >= 11 is 5.97. The highest BCUT2D eigenvalue weighted by molar-refractivity contribution is 6.40. The first kappa shape index (κ1) is 16.5. The molecule has 1 aliphatic rings. The summed E-state index contributed by atoms with van der Waals surface area (Å²) < 4.78 is 0. The molecule has 22 heavy (non-hydrogen) atoms. The van der Waals surface area contributed by atoms with Gasteiger partial charge >= 0.3 is 11.8 Å². The Morgan fingerprint density at radius 1 is 1.36 bits per heavy atom. The van der Waals surface area contributed by atoms with Gasteiger partial charge in [0.25, 0.3) is 0 Å². The summed E-state index contributed by atoms with van der Waals surface area (Å²) in [6, 6.07) is 5.07. The molecule has 2 rings (SSSR count). The monoisotopic (exact) mass is 322 g/mol. The van der Waals surface area contributed by atoms with Crippen LogP contribution < -0.4 is 10.6 Å². The molecule has 0 spiro atoms. The first-order chi connectivity index (χ1) is 10.4. The Kier molecular flexibility index (Phi) is 5.21. The molecule has 2 amide bonds. The molecular formula is C16H19ClN2O3. The molecule has 0 saturated carbocycles. The smallest absolute Gasteiger partial charge is 0.313 e. The molecule has 118 valence electrons. The zero-order valence-corrected chi connectivity index (χ0v) is 13.1. The van der Waals surface area contributed by atoms with E-state index < -0.39 is 17.4 Å². The second kappa shape index (κ2) is 6.94. The number of hydrogen-bond donors (Lipinski definition) is 3. The number of carbonyl (C=O) groups excluding carboxylic acids is 2. The zero-order chi connectivity index (χ0) is 16.2. The summed E-state index contributed by atoms with van der Waals surface area (Å²) in [4.78, 5) is 23.7. The van der Waals surface area contributed by atoms with Gasteiger partial charge in [-0.05, 0) is 43.9 Å². The van der Waals surface area contributed by atoms with Crippen molar-refractivity contribution in [1.82, 2.24) is 5.32 Å². The number of amides is 2. The number of halogens is 1. The number of benzene rings is 1. The maximum absolute atomic E-state index is 11.9. The Balaban J connectivity index is 1.92. The van der Waals surface area contributed by atoms with Crippen LogP contribution in [0.2, 0.25) is 5.02 Å². The molecule has 0 aromatic heterocycles. The van der Waals surface area contributed by atoms with Gasteiger partial charge in [0.1, 0.15) is 5.60 Å². The first-order valence-corrected chi connectivity index (χ1v) is 7.53. The van der Waals surface area contributed by atoms with Crippen molar-refractivity contribution in [3.8, 4) is 0 Å². The Bertz CT molecular complexity index is 615. The topological polar surface area (TPSA) is 78.4 Å². The highest BCUT2D eigenvalue weighted by Crippen LogP contribution is 2.23. The molecule has 0 bridgehead atoms. The molecule has 1 aliphatic carbocycles. The Hall–Kier alpha value is -1.85. The molecular weight excluding hydrogens is 304 g/mol. The fourth-order valence-electron chi connectivity index (χ4n) is 2.29. The van der Waals surface area contributed by atoms with Crippen LogP contribution in [0.5, 0.6) is 0 Å². The molecule has 5 nitrogen and oxygen atoms in total. The quantitative estimate of drug-likeness (QED) is 0.589. The molecule has 0 aliphatic heterocycles. The average Bonchev–Trinajstić information content (AvgIpc) is 2.50. The lowest BCUT2D eigenvalue weighted by Gasteiger charge is -2.27. The Morgan fingerprint density at radius 3 is 2.82 bits per heavy atom. The first-order valence-electron chi connectivity index (χ1n) is 7.16. The van der Waals surface area contributed by atoms with E-state index in [-0.39, 0.29) is 6.54 Å². The number of allylic oxidation sites excluding steroid dienone is 1. The summed E-state index contributed by atoms with van der Waals surface area (Å²) in [6.45, 7) is 1.77. The lowest BCUT2D eigenvalue weighted by atomic mass is 9.91. The van der Waals surface area contributed by atoms with E-state index in [1.165, 1.54) is 0 Å². The van der Waals surface area contributed by atoms with E-state index in [0.717, 1.165) is 12.8 Å². The maximum Gasteiger partial charge on any atom is 0.313 e. The maximum atomic E-state index is 11.9. The van der Waals surface area contributed by atoms with Crippen LogP contribution in [0.15, 0.2) is 30.4 Å². The third kappa shape index (κ3) is 4.08. The normalized spacial score (nSPS) is 20.5. The molecule has 1 atom stereocenters. The van der Waals surface area contributed by atoms with Crippen LogP contribution >= 0.6 is 11.6 Å². The molecule has 6 heteroatoms. The van der Waals surface area contributed by atoms with Crippen LogP contribution in [-0.2, 0) is 9.59 Å². The minimum absolute atomic E-state index is 0.0181. The van der Waals surface area contributed by atoms with Gasteiger partial charge in [-0.2, -0.15) is 0 Å². The van der Waals surface area contributed by atoms with E-state index >= 15 is 0 Å². The molecule has 0 heterocycles. The predicted molar refractivity (Wildman–Crippen MR) is 85.8 cm³/mol. The van der Waals surface area contributed by atoms with E-state index in [4.69, 9.17) is 11.6 Å². The van der Waals surface area contributed by atoms with Crippen molar-refractivity contribution in [3.05, 3.63) is 40.9 Å².